The van der Waals surface area contributed by atoms with E-state index in [1.165, 1.54) is 9.75 Å². The molecule has 0 spiro atoms. The minimum atomic E-state index is 0.336. The van der Waals surface area contributed by atoms with Crippen LogP contribution in [0.15, 0.2) is 17.1 Å². The van der Waals surface area contributed by atoms with E-state index in [2.05, 4.69) is 29.4 Å². The monoisotopic (exact) mass is 225 g/mol. The molecule has 0 saturated heterocycles. The molecule has 1 heterocycles. The molecule has 0 aliphatic rings. The van der Waals surface area contributed by atoms with Crippen molar-refractivity contribution in [1.82, 2.24) is 5.32 Å². The molecule has 0 amide bonds. The second kappa shape index (κ2) is 5.75. The summed E-state index contributed by atoms with van der Waals surface area (Å²) in [6, 6.07) is 4.61. The molecular formula is C11H19N3S. The number of nitrogens with one attached hydrogen (secondary N) is 1. The molecule has 15 heavy (non-hydrogen) atoms. The molecule has 3 N–H and O–H groups in total. The first-order valence-corrected chi connectivity index (χ1v) is 6.07. The number of guanidine groups is 1. The van der Waals surface area contributed by atoms with Crippen molar-refractivity contribution >= 4 is 17.3 Å². The first-order valence-electron chi connectivity index (χ1n) is 5.26. The zero-order valence-corrected chi connectivity index (χ0v) is 10.4. The Morgan fingerprint density at radius 3 is 2.67 bits per heavy atom. The van der Waals surface area contributed by atoms with Gasteiger partial charge in [-0.25, -0.2) is 4.99 Å². The summed E-state index contributed by atoms with van der Waals surface area (Å²) < 4.78 is 0. The molecule has 0 bridgehead atoms. The van der Waals surface area contributed by atoms with Crippen molar-refractivity contribution < 1.29 is 0 Å². The van der Waals surface area contributed by atoms with Crippen molar-refractivity contribution in [3.8, 4) is 0 Å². The minimum Gasteiger partial charge on any atom is -0.370 e. The van der Waals surface area contributed by atoms with Crippen molar-refractivity contribution in [2.75, 3.05) is 0 Å². The first kappa shape index (κ1) is 12.0. The Morgan fingerprint density at radius 2 is 2.13 bits per heavy atom. The standard InChI is InChI=1S/C11H19N3S/c1-4-9-5-6-10(15-9)7-13-11(12)14-8(2)3/h5-6,8H,4,7H2,1-3H3,(H3,12,13,14). The van der Waals surface area contributed by atoms with E-state index in [0.717, 1.165) is 6.42 Å². The molecule has 1 rings (SSSR count). The van der Waals surface area contributed by atoms with Gasteiger partial charge in [-0.2, -0.15) is 0 Å². The summed E-state index contributed by atoms with van der Waals surface area (Å²) in [6.45, 7) is 6.93. The number of aryl methyl sites for hydroxylation is 1. The summed E-state index contributed by atoms with van der Waals surface area (Å²) in [5.74, 6) is 0.524. The summed E-state index contributed by atoms with van der Waals surface area (Å²) in [4.78, 5) is 6.94. The summed E-state index contributed by atoms with van der Waals surface area (Å²) in [5, 5.41) is 3.07. The fourth-order valence-corrected chi connectivity index (χ4v) is 2.08. The fourth-order valence-electron chi connectivity index (χ4n) is 1.20. The quantitative estimate of drug-likeness (QED) is 0.609. The van der Waals surface area contributed by atoms with Crippen molar-refractivity contribution in [1.29, 1.82) is 0 Å². The van der Waals surface area contributed by atoms with E-state index < -0.39 is 0 Å². The largest absolute Gasteiger partial charge is 0.370 e. The van der Waals surface area contributed by atoms with Gasteiger partial charge in [-0.1, -0.05) is 6.92 Å². The molecule has 0 atom stereocenters. The Hall–Kier alpha value is -1.03. The van der Waals surface area contributed by atoms with E-state index >= 15 is 0 Å². The predicted molar refractivity (Wildman–Crippen MR) is 67.3 cm³/mol. The molecule has 4 heteroatoms. The summed E-state index contributed by atoms with van der Waals surface area (Å²) in [5.41, 5.74) is 5.71. The molecule has 0 aliphatic carbocycles. The fraction of sp³-hybridized carbons (Fsp3) is 0.545. The summed E-state index contributed by atoms with van der Waals surface area (Å²) >= 11 is 1.80. The zero-order chi connectivity index (χ0) is 11.3. The summed E-state index contributed by atoms with van der Waals surface area (Å²) in [7, 11) is 0. The van der Waals surface area contributed by atoms with Gasteiger partial charge in [0.2, 0.25) is 0 Å². The average molecular weight is 225 g/mol. The van der Waals surface area contributed by atoms with Crippen LogP contribution in [0.1, 0.15) is 30.5 Å². The SMILES string of the molecule is CCc1ccc(CN=C(N)NC(C)C)s1. The van der Waals surface area contributed by atoms with Gasteiger partial charge in [-0.3, -0.25) is 0 Å². The van der Waals surface area contributed by atoms with Crippen molar-refractivity contribution in [2.24, 2.45) is 10.7 Å². The van der Waals surface area contributed by atoms with Gasteiger partial charge in [0.1, 0.15) is 0 Å². The lowest BCUT2D eigenvalue weighted by atomic mass is 10.4. The van der Waals surface area contributed by atoms with Crippen LogP contribution in [0.3, 0.4) is 0 Å². The second-order valence-electron chi connectivity index (χ2n) is 3.72. The molecular weight excluding hydrogens is 206 g/mol. The van der Waals surface area contributed by atoms with Crippen LogP contribution in [-0.4, -0.2) is 12.0 Å². The third-order valence-corrected chi connectivity index (χ3v) is 3.12. The molecule has 84 valence electrons. The molecule has 0 unspecified atom stereocenters. The highest BCUT2D eigenvalue weighted by atomic mass is 32.1. The average Bonchev–Trinajstić information content (AvgIpc) is 2.61. The van der Waals surface area contributed by atoms with Crippen LogP contribution in [0.4, 0.5) is 0 Å². The third-order valence-electron chi connectivity index (χ3n) is 1.91. The van der Waals surface area contributed by atoms with Crippen molar-refractivity contribution in [3.05, 3.63) is 21.9 Å². The van der Waals surface area contributed by atoms with Crippen LogP contribution < -0.4 is 11.1 Å². The lowest BCUT2D eigenvalue weighted by molar-refractivity contribution is 0.724. The first-order chi connectivity index (χ1) is 7.11. The topological polar surface area (TPSA) is 50.4 Å². The third kappa shape index (κ3) is 4.34. The maximum absolute atomic E-state index is 5.71. The maximum Gasteiger partial charge on any atom is 0.189 e. The van der Waals surface area contributed by atoms with Gasteiger partial charge in [0.25, 0.3) is 0 Å². The van der Waals surface area contributed by atoms with Gasteiger partial charge in [-0.15, -0.1) is 11.3 Å². The number of aliphatic imine (C=N–C) groups is 1. The normalized spacial score (nSPS) is 12.1. The molecule has 0 radical (unpaired) electrons. The van der Waals surface area contributed by atoms with E-state index in [1.807, 2.05) is 13.8 Å². The molecule has 1 aromatic rings. The van der Waals surface area contributed by atoms with Crippen LogP contribution in [0.2, 0.25) is 0 Å². The smallest absolute Gasteiger partial charge is 0.189 e. The number of hydrogen-bond acceptors (Lipinski definition) is 2. The zero-order valence-electron chi connectivity index (χ0n) is 9.58. The Bertz CT molecular complexity index is 328. The Balaban J connectivity index is 2.48. The van der Waals surface area contributed by atoms with Gasteiger partial charge < -0.3 is 11.1 Å². The molecule has 3 nitrogen and oxygen atoms in total. The number of hydrogen-bond donors (Lipinski definition) is 2. The van der Waals surface area contributed by atoms with Crippen LogP contribution in [0.5, 0.6) is 0 Å². The van der Waals surface area contributed by atoms with Gasteiger partial charge in [0, 0.05) is 15.8 Å². The number of nitrogens with two attached hydrogens (primary N) is 1. The van der Waals surface area contributed by atoms with Crippen molar-refractivity contribution in [3.63, 3.8) is 0 Å². The number of nitrogens with zero attached hydrogens (tertiary/aromatic N) is 1. The molecule has 0 aromatic carbocycles. The maximum atomic E-state index is 5.71. The van der Waals surface area contributed by atoms with Crippen LogP contribution in [-0.2, 0) is 13.0 Å². The molecule has 1 aromatic heterocycles. The predicted octanol–water partition coefficient (Wildman–Crippen LogP) is 2.12. The van der Waals surface area contributed by atoms with E-state index in [9.17, 15) is 0 Å². The molecule has 0 fully saturated rings. The second-order valence-corrected chi connectivity index (χ2v) is 4.97. The van der Waals surface area contributed by atoms with Crippen molar-refractivity contribution in [2.45, 2.75) is 39.8 Å². The van der Waals surface area contributed by atoms with E-state index in [1.54, 1.807) is 11.3 Å². The van der Waals surface area contributed by atoms with Gasteiger partial charge in [0.05, 0.1) is 6.54 Å². The van der Waals surface area contributed by atoms with E-state index in [4.69, 9.17) is 5.73 Å². The van der Waals surface area contributed by atoms with Gasteiger partial charge >= 0.3 is 0 Å². The Morgan fingerprint density at radius 1 is 1.47 bits per heavy atom. The highest BCUT2D eigenvalue weighted by molar-refractivity contribution is 7.11. The lowest BCUT2D eigenvalue weighted by Gasteiger charge is -2.07. The minimum absolute atomic E-state index is 0.336. The van der Waals surface area contributed by atoms with E-state index in [-0.39, 0.29) is 0 Å². The lowest BCUT2D eigenvalue weighted by Crippen LogP contribution is -2.36. The van der Waals surface area contributed by atoms with Gasteiger partial charge in [-0.05, 0) is 32.4 Å². The van der Waals surface area contributed by atoms with Crippen LogP contribution in [0, 0.1) is 0 Å². The van der Waals surface area contributed by atoms with Crippen LogP contribution >= 0.6 is 11.3 Å². The van der Waals surface area contributed by atoms with Crippen LogP contribution in [0.25, 0.3) is 0 Å². The number of thiophene rings is 1. The van der Waals surface area contributed by atoms with Gasteiger partial charge in [0.15, 0.2) is 5.96 Å². The highest BCUT2D eigenvalue weighted by Crippen LogP contribution is 2.17. The Labute approximate surface area is 95.4 Å². The molecule has 0 saturated carbocycles. The number of rotatable bonds is 4. The van der Waals surface area contributed by atoms with E-state index in [0.29, 0.717) is 18.5 Å². The molecule has 0 aliphatic heterocycles. The Kier molecular flexibility index (Phi) is 4.62. The summed E-state index contributed by atoms with van der Waals surface area (Å²) in [6.07, 6.45) is 1.09. The highest BCUT2D eigenvalue weighted by Gasteiger charge is 1.98.